The number of benzene rings is 1. The van der Waals surface area contributed by atoms with Gasteiger partial charge in [-0.3, -0.25) is 0 Å². The number of aromatic nitrogens is 3. The van der Waals surface area contributed by atoms with Crippen LogP contribution in [0.1, 0.15) is 25.3 Å². The molecule has 0 unspecified atom stereocenters. The van der Waals surface area contributed by atoms with Gasteiger partial charge in [0, 0.05) is 13.6 Å². The normalized spacial score (nSPS) is 11.0. The molecule has 3 N–H and O–H groups in total. The van der Waals surface area contributed by atoms with Crippen molar-refractivity contribution in [2.24, 2.45) is 0 Å². The number of fused-ring (bicyclic) bond motifs is 1. The third-order valence-electron chi connectivity index (χ3n) is 3.92. The van der Waals surface area contributed by atoms with E-state index in [0.29, 0.717) is 11.5 Å². The van der Waals surface area contributed by atoms with Crippen LogP contribution in [0.25, 0.3) is 10.2 Å². The van der Waals surface area contributed by atoms with Crippen molar-refractivity contribution in [1.82, 2.24) is 15.0 Å². The van der Waals surface area contributed by atoms with Crippen LogP contribution in [0.15, 0.2) is 24.5 Å². The number of hydrogen-bond acceptors (Lipinski definition) is 7. The summed E-state index contributed by atoms with van der Waals surface area (Å²) in [6, 6.07) is 6.17. The molecule has 126 valence electrons. The Balaban J connectivity index is 1.87. The summed E-state index contributed by atoms with van der Waals surface area (Å²) in [7, 11) is 2.00. The van der Waals surface area contributed by atoms with Gasteiger partial charge >= 0.3 is 0 Å². The lowest BCUT2D eigenvalue weighted by Gasteiger charge is -2.20. The summed E-state index contributed by atoms with van der Waals surface area (Å²) in [5, 5.41) is 4.03. The van der Waals surface area contributed by atoms with Crippen molar-refractivity contribution in [3.63, 3.8) is 0 Å². The zero-order valence-electron chi connectivity index (χ0n) is 14.2. The molecule has 0 fully saturated rings. The Morgan fingerprint density at radius 3 is 2.88 bits per heavy atom. The lowest BCUT2D eigenvalue weighted by molar-refractivity contribution is 0.759. The van der Waals surface area contributed by atoms with Crippen LogP contribution < -0.4 is 16.0 Å². The minimum absolute atomic E-state index is 0.548. The van der Waals surface area contributed by atoms with E-state index in [1.807, 2.05) is 13.1 Å². The van der Waals surface area contributed by atoms with Gasteiger partial charge in [-0.25, -0.2) is 15.0 Å². The van der Waals surface area contributed by atoms with E-state index in [1.54, 1.807) is 11.3 Å². The summed E-state index contributed by atoms with van der Waals surface area (Å²) in [6.45, 7) is 5.14. The highest BCUT2D eigenvalue weighted by Gasteiger charge is 2.14. The zero-order valence-corrected chi connectivity index (χ0v) is 15.0. The smallest absolute Gasteiger partial charge is 0.189 e. The quantitative estimate of drug-likeness (QED) is 0.706. The number of unbranched alkanes of at least 4 members (excludes halogenated alkanes) is 1. The summed E-state index contributed by atoms with van der Waals surface area (Å²) >= 11 is 1.59. The average molecular weight is 342 g/mol. The highest BCUT2D eigenvalue weighted by Crippen LogP contribution is 2.32. The Morgan fingerprint density at radius 2 is 2.12 bits per heavy atom. The van der Waals surface area contributed by atoms with E-state index < -0.39 is 0 Å². The van der Waals surface area contributed by atoms with Crippen LogP contribution >= 0.6 is 11.3 Å². The molecule has 7 heteroatoms. The maximum absolute atomic E-state index is 6.28. The highest BCUT2D eigenvalue weighted by molar-refractivity contribution is 7.22. The van der Waals surface area contributed by atoms with E-state index in [0.717, 1.165) is 46.1 Å². The van der Waals surface area contributed by atoms with Crippen LogP contribution in [0.4, 0.5) is 22.5 Å². The monoisotopic (exact) mass is 342 g/mol. The molecule has 0 amide bonds. The number of nitrogens with one attached hydrogen (secondary N) is 1. The Morgan fingerprint density at radius 1 is 1.29 bits per heavy atom. The van der Waals surface area contributed by atoms with Gasteiger partial charge in [0.2, 0.25) is 0 Å². The first-order valence-electron chi connectivity index (χ1n) is 8.05. The summed E-state index contributed by atoms with van der Waals surface area (Å²) in [6.07, 6.45) is 3.76. The molecule has 2 heterocycles. The van der Waals surface area contributed by atoms with Crippen LogP contribution in [0.2, 0.25) is 0 Å². The predicted octanol–water partition coefficient (Wildman–Crippen LogP) is 3.96. The second-order valence-corrected chi connectivity index (χ2v) is 6.83. The molecule has 0 aliphatic carbocycles. The summed E-state index contributed by atoms with van der Waals surface area (Å²) in [5.74, 6) is 1.35. The fraction of sp³-hybridized carbons (Fsp3) is 0.353. The molecule has 0 aliphatic heterocycles. The molecule has 0 aliphatic rings. The third-order valence-corrected chi connectivity index (χ3v) is 4.85. The van der Waals surface area contributed by atoms with Crippen molar-refractivity contribution in [3.05, 3.63) is 30.1 Å². The fourth-order valence-electron chi connectivity index (χ4n) is 2.53. The molecule has 0 spiro atoms. The van der Waals surface area contributed by atoms with Crippen LogP contribution in [-0.4, -0.2) is 28.5 Å². The van der Waals surface area contributed by atoms with Crippen molar-refractivity contribution >= 4 is 44.0 Å². The van der Waals surface area contributed by atoms with E-state index in [-0.39, 0.29) is 0 Å². The van der Waals surface area contributed by atoms with Crippen molar-refractivity contribution in [3.8, 4) is 0 Å². The minimum atomic E-state index is 0.548. The van der Waals surface area contributed by atoms with Crippen LogP contribution in [0, 0.1) is 6.92 Å². The topological polar surface area (TPSA) is 80.0 Å². The van der Waals surface area contributed by atoms with E-state index in [4.69, 9.17) is 5.73 Å². The van der Waals surface area contributed by atoms with Gasteiger partial charge in [0.25, 0.3) is 0 Å². The molecule has 24 heavy (non-hydrogen) atoms. The average Bonchev–Trinajstić information content (AvgIpc) is 2.98. The van der Waals surface area contributed by atoms with Gasteiger partial charge in [0.15, 0.2) is 16.8 Å². The summed E-state index contributed by atoms with van der Waals surface area (Å²) in [5.41, 5.74) is 9.00. The number of para-hydroxylation sites is 1. The maximum atomic E-state index is 6.28. The molecule has 3 rings (SSSR count). The largest absolute Gasteiger partial charge is 0.393 e. The van der Waals surface area contributed by atoms with Crippen LogP contribution in [0.5, 0.6) is 0 Å². The van der Waals surface area contributed by atoms with E-state index in [9.17, 15) is 0 Å². The first-order valence-corrected chi connectivity index (χ1v) is 8.86. The van der Waals surface area contributed by atoms with E-state index >= 15 is 0 Å². The highest BCUT2D eigenvalue weighted by atomic mass is 32.1. The molecule has 2 aromatic heterocycles. The number of nitrogen functional groups attached to an aromatic ring is 1. The molecule has 0 bridgehead atoms. The Bertz CT molecular complexity index is 844. The van der Waals surface area contributed by atoms with Gasteiger partial charge in [-0.1, -0.05) is 36.8 Å². The molecule has 6 nitrogen and oxygen atoms in total. The lowest BCUT2D eigenvalue weighted by Crippen LogP contribution is -2.21. The number of nitrogens with zero attached hydrogens (tertiary/aromatic N) is 4. The number of rotatable bonds is 6. The van der Waals surface area contributed by atoms with Crippen molar-refractivity contribution < 1.29 is 0 Å². The number of nitrogens with two attached hydrogens (primary N) is 1. The SMILES string of the molecule is CCCCN(C)c1ncnc(Nc2nc3c(C)cccc3s2)c1N. The van der Waals surface area contributed by atoms with Crippen LogP contribution in [0.3, 0.4) is 0 Å². The van der Waals surface area contributed by atoms with Crippen molar-refractivity contribution in [1.29, 1.82) is 0 Å². The molecule has 0 radical (unpaired) electrons. The first kappa shape index (κ1) is 16.4. The van der Waals surface area contributed by atoms with E-state index in [1.165, 1.54) is 6.33 Å². The Hall–Kier alpha value is -2.41. The van der Waals surface area contributed by atoms with Gasteiger partial charge in [-0.05, 0) is 25.0 Å². The maximum Gasteiger partial charge on any atom is 0.189 e. The number of hydrogen-bond donors (Lipinski definition) is 2. The van der Waals surface area contributed by atoms with Crippen molar-refractivity contribution in [2.75, 3.05) is 29.5 Å². The second-order valence-electron chi connectivity index (χ2n) is 5.80. The molecule has 1 aromatic carbocycles. The number of anilines is 4. The Labute approximate surface area is 145 Å². The van der Waals surface area contributed by atoms with Gasteiger partial charge < -0.3 is 16.0 Å². The molecular formula is C17H22N6S. The zero-order chi connectivity index (χ0) is 17.1. The molecule has 0 atom stereocenters. The van der Waals surface area contributed by atoms with Crippen molar-refractivity contribution in [2.45, 2.75) is 26.7 Å². The standard InChI is InChI=1S/C17H22N6S/c1-4-5-9-23(3)16-13(18)15(19-10-20-16)22-17-21-14-11(2)7-6-8-12(14)24-17/h6-8,10H,4-5,9,18H2,1-3H3,(H,19,20,21,22). The number of thiazole rings is 1. The lowest BCUT2D eigenvalue weighted by atomic mass is 10.2. The van der Waals surface area contributed by atoms with E-state index in [2.05, 4.69) is 51.1 Å². The minimum Gasteiger partial charge on any atom is -0.393 e. The Kier molecular flexibility index (Phi) is 4.80. The molecule has 0 saturated carbocycles. The predicted molar refractivity (Wildman–Crippen MR) is 102 cm³/mol. The molecule has 0 saturated heterocycles. The number of aryl methyl sites for hydroxylation is 1. The van der Waals surface area contributed by atoms with Crippen LogP contribution in [-0.2, 0) is 0 Å². The fourth-order valence-corrected chi connectivity index (χ4v) is 3.48. The van der Waals surface area contributed by atoms with Gasteiger partial charge in [-0.2, -0.15) is 0 Å². The van der Waals surface area contributed by atoms with Gasteiger partial charge in [0.05, 0.1) is 10.2 Å². The van der Waals surface area contributed by atoms with Gasteiger partial charge in [0.1, 0.15) is 12.0 Å². The summed E-state index contributed by atoms with van der Waals surface area (Å²) in [4.78, 5) is 15.3. The first-order chi connectivity index (χ1) is 11.6. The summed E-state index contributed by atoms with van der Waals surface area (Å²) < 4.78 is 1.14. The second kappa shape index (κ2) is 7.00. The molecular weight excluding hydrogens is 320 g/mol. The van der Waals surface area contributed by atoms with Gasteiger partial charge in [-0.15, -0.1) is 0 Å². The third kappa shape index (κ3) is 3.26. The molecule has 3 aromatic rings.